The molecule has 0 saturated carbocycles. The molecule has 0 unspecified atom stereocenters. The Morgan fingerprint density at radius 1 is 0.667 bits per heavy atom. The van der Waals surface area contributed by atoms with E-state index in [4.69, 9.17) is 4.11 Å². The van der Waals surface area contributed by atoms with Crippen molar-refractivity contribution in [1.82, 2.24) is 15.0 Å². The SMILES string of the molecule is [2H]C([2H])([2H])c1cnc(-c2[c-]cccc2)cc1C.[Ir].[c-]1ccccc1-c1cc(-c2ccccn2)ccn1. The zero-order valence-corrected chi connectivity index (χ0v) is 20.4. The van der Waals surface area contributed by atoms with E-state index in [0.717, 1.165) is 39.3 Å². The van der Waals surface area contributed by atoms with Crippen molar-refractivity contribution < 1.29 is 24.2 Å². The molecule has 0 amide bonds. The average molecular weight is 609 g/mol. The minimum Gasteiger partial charge on any atom is -0.305 e. The number of aryl methyl sites for hydroxylation is 2. The van der Waals surface area contributed by atoms with Crippen LogP contribution in [0.25, 0.3) is 33.8 Å². The van der Waals surface area contributed by atoms with Gasteiger partial charge < -0.3 is 9.97 Å². The van der Waals surface area contributed by atoms with E-state index in [-0.39, 0.29) is 20.1 Å². The molecule has 0 atom stereocenters. The molecular weight excluding hydrogens is 583 g/mol. The molecule has 5 aromatic rings. The van der Waals surface area contributed by atoms with Gasteiger partial charge in [-0.05, 0) is 54.5 Å². The Bertz CT molecular complexity index is 1320. The van der Waals surface area contributed by atoms with Crippen molar-refractivity contribution >= 4 is 0 Å². The largest absolute Gasteiger partial charge is 0.305 e. The molecule has 0 N–H and O–H groups in total. The summed E-state index contributed by atoms with van der Waals surface area (Å²) in [5, 5.41) is 0. The second kappa shape index (κ2) is 12.0. The fourth-order valence-corrected chi connectivity index (χ4v) is 3.08. The van der Waals surface area contributed by atoms with Crippen LogP contribution in [0.1, 0.15) is 15.2 Å². The van der Waals surface area contributed by atoms with E-state index in [1.54, 1.807) is 25.4 Å². The molecule has 2 aromatic carbocycles. The molecule has 1 radical (unpaired) electrons. The summed E-state index contributed by atoms with van der Waals surface area (Å²) in [5.74, 6) is 0. The molecule has 0 aliphatic rings. The molecule has 3 heterocycles. The summed E-state index contributed by atoms with van der Waals surface area (Å²) in [5.41, 5.74) is 6.58. The molecule has 0 saturated heterocycles. The van der Waals surface area contributed by atoms with Gasteiger partial charge in [0.25, 0.3) is 0 Å². The Labute approximate surface area is 213 Å². The molecule has 3 nitrogen and oxygen atoms in total. The molecule has 0 fully saturated rings. The van der Waals surface area contributed by atoms with Gasteiger partial charge in [-0.2, -0.15) is 0 Å². The van der Waals surface area contributed by atoms with Gasteiger partial charge in [0.05, 0.1) is 5.69 Å². The Morgan fingerprint density at radius 3 is 1.91 bits per heavy atom. The first kappa shape index (κ1) is 20.2. The summed E-state index contributed by atoms with van der Waals surface area (Å²) in [4.78, 5) is 12.9. The quantitative estimate of drug-likeness (QED) is 0.212. The van der Waals surface area contributed by atoms with Crippen molar-refractivity contribution in [2.75, 3.05) is 0 Å². The van der Waals surface area contributed by atoms with Gasteiger partial charge in [0.2, 0.25) is 0 Å². The van der Waals surface area contributed by atoms with Crippen LogP contribution in [0.2, 0.25) is 0 Å². The summed E-state index contributed by atoms with van der Waals surface area (Å²) >= 11 is 0. The van der Waals surface area contributed by atoms with Crippen LogP contribution >= 0.6 is 0 Å². The Hall–Kier alpha value is -3.46. The van der Waals surface area contributed by atoms with Gasteiger partial charge in [0, 0.05) is 42.8 Å². The van der Waals surface area contributed by atoms with E-state index >= 15 is 0 Å². The number of hydrogen-bond acceptors (Lipinski definition) is 3. The van der Waals surface area contributed by atoms with Crippen LogP contribution in [0.5, 0.6) is 0 Å². The van der Waals surface area contributed by atoms with Crippen molar-refractivity contribution in [3.05, 3.63) is 127 Å². The first-order valence-electron chi connectivity index (χ1n) is 11.7. The standard InChI is InChI=1S/C16H11N2.C13H12N.Ir/c1-2-6-13(7-3-1)16-12-14(9-11-18-16)15-8-4-5-10-17-15;1-10-8-13(14-9-11(10)2)12-6-4-3-5-7-12;/h1-6,8-12H;3-6,8-9H,1-2H3;/q2*-1;/i;2D3;. The van der Waals surface area contributed by atoms with Gasteiger partial charge in [-0.1, -0.05) is 23.8 Å². The summed E-state index contributed by atoms with van der Waals surface area (Å²) in [6.07, 6.45) is 5.03. The van der Waals surface area contributed by atoms with Gasteiger partial charge in [-0.25, -0.2) is 0 Å². The summed E-state index contributed by atoms with van der Waals surface area (Å²) in [6.45, 7) is -0.314. The predicted octanol–water partition coefficient (Wildman–Crippen LogP) is 6.77. The van der Waals surface area contributed by atoms with E-state index < -0.39 is 6.85 Å². The second-order valence-corrected chi connectivity index (χ2v) is 7.08. The number of rotatable bonds is 3. The molecule has 165 valence electrons. The smallest absolute Gasteiger partial charge is 0.0695 e. The zero-order chi connectivity index (χ0) is 24.7. The first-order chi connectivity index (χ1) is 16.9. The van der Waals surface area contributed by atoms with Gasteiger partial charge in [0.15, 0.2) is 0 Å². The van der Waals surface area contributed by atoms with E-state index in [9.17, 15) is 0 Å². The van der Waals surface area contributed by atoms with E-state index in [2.05, 4.69) is 27.1 Å². The van der Waals surface area contributed by atoms with Gasteiger partial charge in [-0.3, -0.25) is 4.98 Å². The third-order valence-corrected chi connectivity index (χ3v) is 4.80. The molecule has 0 aliphatic heterocycles. The molecule has 4 heteroatoms. The molecule has 0 spiro atoms. The first-order valence-corrected chi connectivity index (χ1v) is 10.2. The number of hydrogen-bond donors (Lipinski definition) is 0. The van der Waals surface area contributed by atoms with E-state index in [0.29, 0.717) is 5.56 Å². The maximum Gasteiger partial charge on any atom is 0.0695 e. The van der Waals surface area contributed by atoms with Crippen molar-refractivity contribution in [1.29, 1.82) is 0 Å². The van der Waals surface area contributed by atoms with Crippen molar-refractivity contribution in [2.24, 2.45) is 0 Å². The van der Waals surface area contributed by atoms with Crippen LogP contribution in [0.3, 0.4) is 0 Å². The monoisotopic (exact) mass is 609 g/mol. The third-order valence-electron chi connectivity index (χ3n) is 4.80. The Balaban J connectivity index is 0.000000196. The molecule has 0 bridgehead atoms. The van der Waals surface area contributed by atoms with Crippen LogP contribution in [0.4, 0.5) is 0 Å². The van der Waals surface area contributed by atoms with Crippen LogP contribution in [-0.4, -0.2) is 15.0 Å². The van der Waals surface area contributed by atoms with Crippen molar-refractivity contribution in [3.63, 3.8) is 0 Å². The summed E-state index contributed by atoms with van der Waals surface area (Å²) in [7, 11) is 0. The number of aromatic nitrogens is 3. The maximum atomic E-state index is 7.37. The molecular formula is C29H23IrN3-2. The van der Waals surface area contributed by atoms with Gasteiger partial charge in [0.1, 0.15) is 0 Å². The van der Waals surface area contributed by atoms with Crippen LogP contribution in [0, 0.1) is 25.9 Å². The van der Waals surface area contributed by atoms with Crippen molar-refractivity contribution in [2.45, 2.75) is 13.8 Å². The maximum absolute atomic E-state index is 7.37. The third kappa shape index (κ3) is 6.52. The van der Waals surface area contributed by atoms with Gasteiger partial charge in [-0.15, -0.1) is 71.8 Å². The zero-order valence-electron chi connectivity index (χ0n) is 21.0. The number of nitrogens with zero attached hydrogens (tertiary/aromatic N) is 3. The molecule has 33 heavy (non-hydrogen) atoms. The second-order valence-electron chi connectivity index (χ2n) is 7.08. The minimum atomic E-state index is -2.10. The van der Waals surface area contributed by atoms with Gasteiger partial charge >= 0.3 is 0 Å². The van der Waals surface area contributed by atoms with E-state index in [1.807, 2.05) is 78.9 Å². The normalized spacial score (nSPS) is 11.6. The summed E-state index contributed by atoms with van der Waals surface area (Å²) in [6, 6.07) is 33.3. The molecule has 5 rings (SSSR count). The van der Waals surface area contributed by atoms with E-state index in [1.165, 1.54) is 6.20 Å². The fraction of sp³-hybridized carbons (Fsp3) is 0.0690. The van der Waals surface area contributed by atoms with Crippen molar-refractivity contribution in [3.8, 4) is 33.8 Å². The minimum absolute atomic E-state index is 0. The molecule has 0 aliphatic carbocycles. The van der Waals surface area contributed by atoms with Crippen LogP contribution in [-0.2, 0) is 20.1 Å². The predicted molar refractivity (Wildman–Crippen MR) is 130 cm³/mol. The Morgan fingerprint density at radius 2 is 1.33 bits per heavy atom. The topological polar surface area (TPSA) is 38.7 Å². The van der Waals surface area contributed by atoms with Crippen LogP contribution in [0.15, 0.2) is 104 Å². The fourth-order valence-electron chi connectivity index (χ4n) is 3.08. The van der Waals surface area contributed by atoms with Crippen LogP contribution < -0.4 is 0 Å². The number of benzene rings is 2. The Kier molecular flexibility index (Phi) is 7.31. The average Bonchev–Trinajstić information content (AvgIpc) is 2.90. The number of pyridine rings is 3. The molecule has 3 aromatic heterocycles. The summed E-state index contributed by atoms with van der Waals surface area (Å²) < 4.78 is 22.1.